The maximum atomic E-state index is 12.1. The van der Waals surface area contributed by atoms with Crippen molar-refractivity contribution < 1.29 is 4.79 Å². The number of aromatic nitrogens is 2. The van der Waals surface area contributed by atoms with Gasteiger partial charge in [0.05, 0.1) is 11.0 Å². The number of imidazole rings is 1. The van der Waals surface area contributed by atoms with Gasteiger partial charge in [-0.2, -0.15) is 0 Å². The Bertz CT molecular complexity index is 652. The minimum atomic E-state index is -0.0292. The van der Waals surface area contributed by atoms with E-state index < -0.39 is 0 Å². The molecule has 0 aliphatic carbocycles. The molecule has 0 atom stereocenters. The highest BCUT2D eigenvalue weighted by Gasteiger charge is 2.10. The molecule has 0 bridgehead atoms. The number of nitrogens with zero attached hydrogens (tertiary/aromatic N) is 3. The van der Waals surface area contributed by atoms with E-state index in [-0.39, 0.29) is 11.6 Å². The van der Waals surface area contributed by atoms with Crippen LogP contribution in [0.25, 0.3) is 11.0 Å². The molecule has 2 rings (SSSR count). The monoisotopic (exact) mass is 261 g/mol. The average molecular weight is 261 g/mol. The van der Waals surface area contributed by atoms with Gasteiger partial charge in [-0.3, -0.25) is 13.9 Å². The largest absolute Gasteiger partial charge is 0.349 e. The van der Waals surface area contributed by atoms with Gasteiger partial charge >= 0.3 is 5.69 Å². The van der Waals surface area contributed by atoms with Crippen LogP contribution in [-0.2, 0) is 18.4 Å². The Balaban J connectivity index is 2.20. The highest BCUT2D eigenvalue weighted by molar-refractivity contribution is 5.76. The second-order valence-electron chi connectivity index (χ2n) is 4.87. The van der Waals surface area contributed by atoms with E-state index in [9.17, 15) is 9.59 Å². The summed E-state index contributed by atoms with van der Waals surface area (Å²) < 4.78 is 3.38. The summed E-state index contributed by atoms with van der Waals surface area (Å²) in [6.45, 7) is 0.569. The Kier molecular flexibility index (Phi) is 3.74. The average Bonchev–Trinajstić information content (AvgIpc) is 2.64. The van der Waals surface area contributed by atoms with Gasteiger partial charge in [-0.25, -0.2) is 4.79 Å². The summed E-state index contributed by atoms with van der Waals surface area (Å²) in [6, 6.07) is 7.70. The molecular formula is C14H19N3O2. The van der Waals surface area contributed by atoms with Crippen LogP contribution >= 0.6 is 0 Å². The first-order valence-electron chi connectivity index (χ1n) is 6.37. The predicted molar refractivity (Wildman–Crippen MR) is 75.1 cm³/mol. The molecule has 0 saturated carbocycles. The molecule has 0 radical (unpaired) electrons. The van der Waals surface area contributed by atoms with E-state index >= 15 is 0 Å². The van der Waals surface area contributed by atoms with E-state index in [1.165, 1.54) is 0 Å². The maximum Gasteiger partial charge on any atom is 0.328 e. The summed E-state index contributed by atoms with van der Waals surface area (Å²) in [4.78, 5) is 25.2. The molecule has 0 saturated heterocycles. The van der Waals surface area contributed by atoms with Crippen molar-refractivity contribution in [3.05, 3.63) is 34.7 Å². The van der Waals surface area contributed by atoms with E-state index in [4.69, 9.17) is 0 Å². The van der Waals surface area contributed by atoms with Crippen molar-refractivity contribution in [1.29, 1.82) is 0 Å². The number of para-hydroxylation sites is 2. The van der Waals surface area contributed by atoms with Crippen molar-refractivity contribution >= 4 is 16.9 Å². The summed E-state index contributed by atoms with van der Waals surface area (Å²) in [5, 5.41) is 0. The molecule has 0 spiro atoms. The van der Waals surface area contributed by atoms with E-state index in [0.717, 1.165) is 11.0 Å². The first kappa shape index (κ1) is 13.4. The van der Waals surface area contributed by atoms with Crippen LogP contribution in [0.2, 0.25) is 0 Å². The van der Waals surface area contributed by atoms with Crippen LogP contribution in [0.3, 0.4) is 0 Å². The maximum absolute atomic E-state index is 12.1. The summed E-state index contributed by atoms with van der Waals surface area (Å²) >= 11 is 0. The first-order valence-corrected chi connectivity index (χ1v) is 6.37. The third-order valence-electron chi connectivity index (χ3n) is 3.32. The van der Waals surface area contributed by atoms with Crippen molar-refractivity contribution in [2.75, 3.05) is 14.1 Å². The molecule has 0 aliphatic heterocycles. The van der Waals surface area contributed by atoms with Gasteiger partial charge < -0.3 is 4.90 Å². The van der Waals surface area contributed by atoms with Crippen LogP contribution in [0, 0.1) is 0 Å². The molecule has 0 unspecified atom stereocenters. The van der Waals surface area contributed by atoms with Gasteiger partial charge in [0, 0.05) is 34.1 Å². The molecule has 0 aliphatic rings. The molecule has 1 heterocycles. The standard InChI is InChI=1S/C14H19N3O2/c1-15(2)13(18)9-6-10-17-12-8-5-4-7-11(12)16(3)14(17)19/h4-5,7-8H,6,9-10H2,1-3H3. The third kappa shape index (κ3) is 2.54. The minimum Gasteiger partial charge on any atom is -0.349 e. The summed E-state index contributed by atoms with van der Waals surface area (Å²) in [6.07, 6.45) is 1.13. The molecule has 0 N–H and O–H groups in total. The Morgan fingerprint density at radius 3 is 2.47 bits per heavy atom. The smallest absolute Gasteiger partial charge is 0.328 e. The second kappa shape index (κ2) is 5.30. The third-order valence-corrected chi connectivity index (χ3v) is 3.32. The van der Waals surface area contributed by atoms with Crippen LogP contribution in [0.5, 0.6) is 0 Å². The normalized spacial score (nSPS) is 10.9. The second-order valence-corrected chi connectivity index (χ2v) is 4.87. The number of hydrogen-bond acceptors (Lipinski definition) is 2. The fourth-order valence-corrected chi connectivity index (χ4v) is 2.19. The highest BCUT2D eigenvalue weighted by atomic mass is 16.2. The van der Waals surface area contributed by atoms with Crippen LogP contribution in [0.15, 0.2) is 29.1 Å². The van der Waals surface area contributed by atoms with Gasteiger partial charge in [-0.15, -0.1) is 0 Å². The molecular weight excluding hydrogens is 242 g/mol. The number of rotatable bonds is 4. The van der Waals surface area contributed by atoms with Crippen molar-refractivity contribution in [3.8, 4) is 0 Å². The Hall–Kier alpha value is -2.04. The van der Waals surface area contributed by atoms with Crippen molar-refractivity contribution in [3.63, 3.8) is 0 Å². The van der Waals surface area contributed by atoms with Crippen molar-refractivity contribution in [1.82, 2.24) is 14.0 Å². The van der Waals surface area contributed by atoms with Crippen LogP contribution in [-0.4, -0.2) is 34.0 Å². The molecule has 5 heteroatoms. The predicted octanol–water partition coefficient (Wildman–Crippen LogP) is 1.21. The molecule has 1 amide bonds. The van der Waals surface area contributed by atoms with Crippen LogP contribution in [0.1, 0.15) is 12.8 Å². The van der Waals surface area contributed by atoms with Gasteiger partial charge in [0.15, 0.2) is 0 Å². The van der Waals surface area contributed by atoms with E-state index in [1.54, 1.807) is 35.2 Å². The summed E-state index contributed by atoms with van der Waals surface area (Å²) in [5.74, 6) is 0.0910. The number of carbonyl (C=O) groups is 1. The number of carbonyl (C=O) groups excluding carboxylic acids is 1. The summed E-state index contributed by atoms with van der Waals surface area (Å²) in [7, 11) is 5.25. The Morgan fingerprint density at radius 1 is 1.21 bits per heavy atom. The number of aryl methyl sites for hydroxylation is 2. The fourth-order valence-electron chi connectivity index (χ4n) is 2.19. The quantitative estimate of drug-likeness (QED) is 0.830. The summed E-state index contributed by atoms with van der Waals surface area (Å²) in [5.41, 5.74) is 1.82. The zero-order valence-electron chi connectivity index (χ0n) is 11.6. The van der Waals surface area contributed by atoms with E-state index in [2.05, 4.69) is 0 Å². The highest BCUT2D eigenvalue weighted by Crippen LogP contribution is 2.12. The molecule has 5 nitrogen and oxygen atoms in total. The number of hydrogen-bond donors (Lipinski definition) is 0. The SMILES string of the molecule is CN(C)C(=O)CCCn1c(=O)n(C)c2ccccc21. The van der Waals surface area contributed by atoms with Gasteiger partial charge in [0.2, 0.25) is 5.91 Å². The topological polar surface area (TPSA) is 47.2 Å². The van der Waals surface area contributed by atoms with Crippen molar-refractivity contribution in [2.24, 2.45) is 7.05 Å². The molecule has 1 aromatic carbocycles. The molecule has 0 fully saturated rings. The zero-order chi connectivity index (χ0) is 14.0. The van der Waals surface area contributed by atoms with Gasteiger partial charge in [-0.05, 0) is 18.6 Å². The van der Waals surface area contributed by atoms with Gasteiger partial charge in [0.25, 0.3) is 0 Å². The molecule has 1 aromatic heterocycles. The Morgan fingerprint density at radius 2 is 1.84 bits per heavy atom. The molecule has 2 aromatic rings. The zero-order valence-corrected chi connectivity index (χ0v) is 11.6. The Labute approximate surface area is 112 Å². The van der Waals surface area contributed by atoms with Crippen LogP contribution < -0.4 is 5.69 Å². The van der Waals surface area contributed by atoms with Crippen molar-refractivity contribution in [2.45, 2.75) is 19.4 Å². The minimum absolute atomic E-state index is 0.0292. The lowest BCUT2D eigenvalue weighted by atomic mass is 10.2. The fraction of sp³-hybridized carbons (Fsp3) is 0.429. The number of benzene rings is 1. The van der Waals surface area contributed by atoms with Gasteiger partial charge in [0.1, 0.15) is 0 Å². The lowest BCUT2D eigenvalue weighted by Gasteiger charge is -2.09. The first-order chi connectivity index (χ1) is 9.02. The number of fused-ring (bicyclic) bond motifs is 1. The van der Waals surface area contributed by atoms with Gasteiger partial charge in [-0.1, -0.05) is 12.1 Å². The lowest BCUT2D eigenvalue weighted by Crippen LogP contribution is -2.24. The van der Waals surface area contributed by atoms with E-state index in [1.807, 2.05) is 24.3 Å². The molecule has 102 valence electrons. The lowest BCUT2D eigenvalue weighted by molar-refractivity contribution is -0.128. The van der Waals surface area contributed by atoms with Crippen LogP contribution in [0.4, 0.5) is 0 Å². The number of amides is 1. The molecule has 19 heavy (non-hydrogen) atoms. The van der Waals surface area contributed by atoms with E-state index in [0.29, 0.717) is 19.4 Å².